The lowest BCUT2D eigenvalue weighted by Crippen LogP contribution is -2.31. The molecule has 5 aromatic rings. The summed E-state index contributed by atoms with van der Waals surface area (Å²) in [4.78, 5) is 56.5. The topological polar surface area (TPSA) is 143 Å². The molecule has 3 aromatic carbocycles. The number of ketones is 1. The Morgan fingerprint density at radius 2 is 1.70 bits per heavy atom. The van der Waals surface area contributed by atoms with Gasteiger partial charge in [-0.25, -0.2) is 23.1 Å². The summed E-state index contributed by atoms with van der Waals surface area (Å²) in [6.07, 6.45) is 2.33. The normalized spacial score (nSPS) is 13.7. The predicted octanol–water partition coefficient (Wildman–Crippen LogP) is 5.44. The third kappa shape index (κ3) is 6.32. The Morgan fingerprint density at radius 3 is 2.43 bits per heavy atom. The van der Waals surface area contributed by atoms with Crippen molar-refractivity contribution in [3.05, 3.63) is 134 Å². The van der Waals surface area contributed by atoms with Crippen molar-refractivity contribution in [2.45, 2.75) is 38.8 Å². The number of carboxylic acids is 1. The van der Waals surface area contributed by atoms with Crippen molar-refractivity contribution in [2.24, 2.45) is 0 Å². The molecule has 0 saturated heterocycles. The number of fused-ring (bicyclic) bond motifs is 2. The lowest BCUT2D eigenvalue weighted by atomic mass is 9.98. The predicted molar refractivity (Wildman–Crippen MR) is 167 cm³/mol. The molecule has 47 heavy (non-hydrogen) atoms. The number of nitrogens with zero attached hydrogens (tertiary/aromatic N) is 3. The average Bonchev–Trinajstić information content (AvgIpc) is 3.67. The minimum absolute atomic E-state index is 0.0230. The monoisotopic (exact) mass is 657 g/mol. The molecule has 0 saturated carbocycles. The van der Waals surface area contributed by atoms with E-state index in [1.165, 1.54) is 28.9 Å². The molecule has 10 nitrogen and oxygen atoms in total. The van der Waals surface area contributed by atoms with Crippen molar-refractivity contribution in [2.75, 3.05) is 0 Å². The van der Waals surface area contributed by atoms with Gasteiger partial charge in [0.25, 0.3) is 11.8 Å². The van der Waals surface area contributed by atoms with Crippen LogP contribution in [0.15, 0.2) is 66.9 Å². The molecule has 3 N–H and O–H groups in total. The van der Waals surface area contributed by atoms with Crippen LogP contribution in [0.3, 0.4) is 0 Å². The summed E-state index contributed by atoms with van der Waals surface area (Å²) >= 11 is 5.97. The molecular formula is C34H26ClF2N5O5. The minimum atomic E-state index is -1.07. The van der Waals surface area contributed by atoms with Crippen LogP contribution in [0.2, 0.25) is 5.02 Å². The largest absolute Gasteiger partial charge is 0.478 e. The number of benzene rings is 3. The Bertz CT molecular complexity index is 2100. The summed E-state index contributed by atoms with van der Waals surface area (Å²) in [5.41, 5.74) is 3.20. The van der Waals surface area contributed by atoms with Crippen LogP contribution in [-0.2, 0) is 19.4 Å². The number of carbonyl (C=O) groups is 4. The molecule has 0 spiro atoms. The summed E-state index contributed by atoms with van der Waals surface area (Å²) < 4.78 is 28.3. The maximum absolute atomic E-state index is 13.8. The highest BCUT2D eigenvalue weighted by atomic mass is 35.5. The van der Waals surface area contributed by atoms with Crippen molar-refractivity contribution in [1.29, 1.82) is 0 Å². The second kappa shape index (κ2) is 12.7. The number of carboxylic acid groups (broad SMARTS) is 1. The fraction of sp³-hybridized carbons (Fsp3) is 0.176. The molecule has 238 valence electrons. The number of amides is 2. The SMILES string of the molecule is Cc1c(C(=O)O)ccc2c1CC[C@@H]2NC(=O)c1cc(C(=O)NCc2ccc(F)c(F)c2)nc2c(C(=O)Cc3ccc(Cl)cc3)cnn12. The molecule has 0 unspecified atom stereocenters. The summed E-state index contributed by atoms with van der Waals surface area (Å²) in [5, 5.41) is 19.8. The highest BCUT2D eigenvalue weighted by Crippen LogP contribution is 2.35. The van der Waals surface area contributed by atoms with E-state index in [1.807, 2.05) is 0 Å². The summed E-state index contributed by atoms with van der Waals surface area (Å²) in [6.45, 7) is 1.57. The first kappa shape index (κ1) is 31.5. The van der Waals surface area contributed by atoms with E-state index < -0.39 is 35.5 Å². The second-order valence-electron chi connectivity index (χ2n) is 11.2. The first-order chi connectivity index (χ1) is 22.5. The van der Waals surface area contributed by atoms with Gasteiger partial charge in [0, 0.05) is 24.1 Å². The van der Waals surface area contributed by atoms with Gasteiger partial charge in [0.05, 0.1) is 23.4 Å². The summed E-state index contributed by atoms with van der Waals surface area (Å²) in [5.74, 6) is -4.83. The highest BCUT2D eigenvalue weighted by Gasteiger charge is 2.29. The zero-order valence-electron chi connectivity index (χ0n) is 24.8. The van der Waals surface area contributed by atoms with Gasteiger partial charge >= 0.3 is 5.97 Å². The maximum Gasteiger partial charge on any atom is 0.335 e. The summed E-state index contributed by atoms with van der Waals surface area (Å²) in [6, 6.07) is 13.9. The van der Waals surface area contributed by atoms with Gasteiger partial charge in [-0.1, -0.05) is 35.9 Å². The average molecular weight is 658 g/mol. The van der Waals surface area contributed by atoms with Gasteiger partial charge in [0.15, 0.2) is 23.1 Å². The van der Waals surface area contributed by atoms with E-state index in [-0.39, 0.29) is 46.9 Å². The standard InChI is InChI=1S/C34H26ClF2N5O5/c1-17-21-9-11-27(23(21)8-7-22(17)34(46)47)41-33(45)29-14-28(32(44)38-15-19-4-10-25(36)26(37)12-19)40-31-24(16-39-42(29)31)30(43)13-18-2-5-20(35)6-3-18/h2-8,10,12,14,16,27H,9,11,13,15H2,1H3,(H,38,44)(H,41,45)(H,46,47)/t27-/m0/s1. The molecule has 0 bridgehead atoms. The van der Waals surface area contributed by atoms with Crippen LogP contribution in [0, 0.1) is 18.6 Å². The van der Waals surface area contributed by atoms with Gasteiger partial charge in [0.2, 0.25) is 0 Å². The van der Waals surface area contributed by atoms with Crippen LogP contribution in [0.25, 0.3) is 5.65 Å². The Hall–Kier alpha value is -5.49. The number of carbonyl (C=O) groups excluding carboxylic acids is 3. The van der Waals surface area contributed by atoms with Crippen LogP contribution in [-0.4, -0.2) is 43.3 Å². The van der Waals surface area contributed by atoms with Crippen LogP contribution >= 0.6 is 11.6 Å². The fourth-order valence-electron chi connectivity index (χ4n) is 5.74. The van der Waals surface area contributed by atoms with Gasteiger partial charge in [-0.05, 0) is 77.9 Å². The second-order valence-corrected chi connectivity index (χ2v) is 11.6. The van der Waals surface area contributed by atoms with E-state index in [9.17, 15) is 33.1 Å². The lowest BCUT2D eigenvalue weighted by molar-refractivity contribution is 0.0695. The smallest absolute Gasteiger partial charge is 0.335 e. The van der Waals surface area contributed by atoms with Gasteiger partial charge in [0.1, 0.15) is 11.4 Å². The molecule has 1 atom stereocenters. The minimum Gasteiger partial charge on any atom is -0.478 e. The van der Waals surface area contributed by atoms with E-state index in [4.69, 9.17) is 11.6 Å². The van der Waals surface area contributed by atoms with E-state index in [2.05, 4.69) is 20.7 Å². The number of aromatic nitrogens is 3. The van der Waals surface area contributed by atoms with Gasteiger partial charge in [-0.15, -0.1) is 0 Å². The quantitative estimate of drug-likeness (QED) is 0.179. The fourth-order valence-corrected chi connectivity index (χ4v) is 5.86. The molecule has 6 rings (SSSR count). The molecule has 13 heteroatoms. The Balaban J connectivity index is 1.33. The van der Waals surface area contributed by atoms with Crippen LogP contribution in [0.4, 0.5) is 8.78 Å². The van der Waals surface area contributed by atoms with Gasteiger partial charge in [-0.3, -0.25) is 14.4 Å². The molecule has 1 aliphatic rings. The van der Waals surface area contributed by atoms with E-state index in [0.29, 0.717) is 34.6 Å². The number of hydrogen-bond acceptors (Lipinski definition) is 6. The number of nitrogens with one attached hydrogen (secondary N) is 2. The number of Topliss-reactive ketones (excluding diaryl/α,β-unsaturated/α-hetero) is 1. The van der Waals surface area contributed by atoms with Crippen molar-refractivity contribution in [1.82, 2.24) is 25.2 Å². The van der Waals surface area contributed by atoms with Crippen molar-refractivity contribution in [3.63, 3.8) is 0 Å². The summed E-state index contributed by atoms with van der Waals surface area (Å²) in [7, 11) is 0. The molecule has 0 radical (unpaired) electrons. The zero-order chi connectivity index (χ0) is 33.4. The van der Waals surface area contributed by atoms with Crippen LogP contribution in [0.1, 0.15) is 82.0 Å². The number of aromatic carboxylic acids is 1. The van der Waals surface area contributed by atoms with Crippen molar-refractivity contribution >= 4 is 40.8 Å². The Kier molecular flexibility index (Phi) is 8.52. The maximum atomic E-state index is 13.8. The van der Waals surface area contributed by atoms with Crippen molar-refractivity contribution in [3.8, 4) is 0 Å². The number of hydrogen-bond donors (Lipinski definition) is 3. The first-order valence-electron chi connectivity index (χ1n) is 14.5. The first-order valence-corrected chi connectivity index (χ1v) is 14.9. The number of halogens is 3. The molecule has 1 aliphatic carbocycles. The molecule has 2 heterocycles. The molecular weight excluding hydrogens is 632 g/mol. The Labute approximate surface area is 271 Å². The van der Waals surface area contributed by atoms with Gasteiger partial charge in [-0.2, -0.15) is 5.10 Å². The van der Waals surface area contributed by atoms with E-state index in [0.717, 1.165) is 23.3 Å². The lowest BCUT2D eigenvalue weighted by Gasteiger charge is -2.16. The number of rotatable bonds is 9. The van der Waals surface area contributed by atoms with Gasteiger partial charge < -0.3 is 15.7 Å². The Morgan fingerprint density at radius 1 is 0.957 bits per heavy atom. The molecule has 2 amide bonds. The third-order valence-electron chi connectivity index (χ3n) is 8.18. The molecule has 0 fully saturated rings. The molecule has 2 aromatic heterocycles. The highest BCUT2D eigenvalue weighted by molar-refractivity contribution is 6.30. The van der Waals surface area contributed by atoms with E-state index >= 15 is 0 Å². The zero-order valence-corrected chi connectivity index (χ0v) is 25.6. The van der Waals surface area contributed by atoms with Crippen LogP contribution in [0.5, 0.6) is 0 Å². The van der Waals surface area contributed by atoms with Crippen molar-refractivity contribution < 1.29 is 33.1 Å². The molecule has 0 aliphatic heterocycles. The van der Waals surface area contributed by atoms with Crippen LogP contribution < -0.4 is 10.6 Å². The van der Waals surface area contributed by atoms with E-state index in [1.54, 1.807) is 37.3 Å². The third-order valence-corrected chi connectivity index (χ3v) is 8.43.